The first kappa shape index (κ1) is 13.3. The fraction of sp³-hybridized carbons (Fsp3) is 0.600. The lowest BCUT2D eigenvalue weighted by Gasteiger charge is -2.26. The minimum Gasteiger partial charge on any atom is -0.337 e. The molecular weight excluding hydrogens is 267 g/mol. The van der Waals surface area contributed by atoms with Crippen molar-refractivity contribution in [3.05, 3.63) is 17.5 Å². The van der Waals surface area contributed by atoms with E-state index in [-0.39, 0.29) is 5.56 Å². The molecule has 1 amide bonds. The van der Waals surface area contributed by atoms with Crippen molar-refractivity contribution in [1.29, 1.82) is 0 Å². The summed E-state index contributed by atoms with van der Waals surface area (Å²) in [7, 11) is 1.37. The van der Waals surface area contributed by atoms with Crippen LogP contribution in [-0.2, 0) is 13.2 Å². The number of halogens is 3. The maximum absolute atomic E-state index is 12.7. The van der Waals surface area contributed by atoms with E-state index in [4.69, 9.17) is 0 Å². The van der Waals surface area contributed by atoms with E-state index in [0.29, 0.717) is 13.1 Å². The molecule has 0 aliphatic carbocycles. The quantitative estimate of drug-likeness (QED) is 0.784. The lowest BCUT2D eigenvalue weighted by atomic mass is 10.2. The fourth-order valence-corrected chi connectivity index (χ4v) is 2.69. The second-order valence-corrected chi connectivity index (χ2v) is 5.19. The summed E-state index contributed by atoms with van der Waals surface area (Å²) >= 11 is 1.69. The molecule has 1 aromatic heterocycles. The molecule has 2 heterocycles. The number of nitrogens with zero attached hydrogens (tertiary/aromatic N) is 3. The van der Waals surface area contributed by atoms with E-state index in [1.54, 1.807) is 11.8 Å². The van der Waals surface area contributed by atoms with Gasteiger partial charge in [-0.05, 0) is 0 Å². The van der Waals surface area contributed by atoms with Gasteiger partial charge in [-0.2, -0.15) is 30.0 Å². The van der Waals surface area contributed by atoms with Crippen LogP contribution in [0.5, 0.6) is 0 Å². The Kier molecular flexibility index (Phi) is 3.56. The normalized spacial score (nSPS) is 17.0. The zero-order chi connectivity index (χ0) is 13.3. The number of aryl methyl sites for hydroxylation is 1. The average molecular weight is 279 g/mol. The van der Waals surface area contributed by atoms with Gasteiger partial charge in [0.2, 0.25) is 0 Å². The summed E-state index contributed by atoms with van der Waals surface area (Å²) in [6.07, 6.45) is -3.47. The molecule has 0 aromatic carbocycles. The lowest BCUT2D eigenvalue weighted by molar-refractivity contribution is -0.141. The molecular formula is C10H12F3N3OS. The van der Waals surface area contributed by atoms with E-state index >= 15 is 0 Å². The van der Waals surface area contributed by atoms with Crippen LogP contribution in [0, 0.1) is 0 Å². The molecule has 0 spiro atoms. The first-order valence-electron chi connectivity index (χ1n) is 5.37. The van der Waals surface area contributed by atoms with Crippen molar-refractivity contribution in [3.8, 4) is 0 Å². The summed E-state index contributed by atoms with van der Waals surface area (Å²) in [4.78, 5) is 13.5. The highest BCUT2D eigenvalue weighted by molar-refractivity contribution is 7.99. The number of hydrogen-bond donors (Lipinski definition) is 0. The van der Waals surface area contributed by atoms with Crippen molar-refractivity contribution in [2.24, 2.45) is 7.05 Å². The van der Waals surface area contributed by atoms with E-state index in [2.05, 4.69) is 5.10 Å². The second kappa shape index (κ2) is 4.83. The highest BCUT2D eigenvalue weighted by atomic mass is 32.2. The van der Waals surface area contributed by atoms with E-state index in [0.717, 1.165) is 22.4 Å². The molecule has 0 saturated carbocycles. The van der Waals surface area contributed by atoms with Gasteiger partial charge >= 0.3 is 6.18 Å². The van der Waals surface area contributed by atoms with Crippen LogP contribution in [0.2, 0.25) is 0 Å². The average Bonchev–Trinajstić information content (AvgIpc) is 2.71. The molecule has 1 aliphatic heterocycles. The summed E-state index contributed by atoms with van der Waals surface area (Å²) in [6.45, 7) is 0.964. The number of carbonyl (C=O) groups is 1. The number of alkyl halides is 3. The molecule has 4 nitrogen and oxygen atoms in total. The third-order valence-electron chi connectivity index (χ3n) is 2.63. The Labute approximate surface area is 106 Å². The predicted molar refractivity (Wildman–Crippen MR) is 61.4 cm³/mol. The summed E-state index contributed by atoms with van der Waals surface area (Å²) < 4.78 is 39.2. The molecule has 0 atom stereocenters. The molecule has 1 fully saturated rings. The van der Waals surface area contributed by atoms with Crippen LogP contribution in [-0.4, -0.2) is 45.2 Å². The molecule has 1 aliphatic rings. The van der Waals surface area contributed by atoms with E-state index < -0.39 is 17.8 Å². The maximum Gasteiger partial charge on any atom is 0.435 e. The minimum absolute atomic E-state index is 0.364. The van der Waals surface area contributed by atoms with E-state index in [1.165, 1.54) is 11.9 Å². The highest BCUT2D eigenvalue weighted by Gasteiger charge is 2.40. The molecule has 0 radical (unpaired) electrons. The maximum atomic E-state index is 12.7. The van der Waals surface area contributed by atoms with Crippen LogP contribution in [0.25, 0.3) is 0 Å². The van der Waals surface area contributed by atoms with Gasteiger partial charge in [0.05, 0.1) is 5.56 Å². The van der Waals surface area contributed by atoms with Crippen LogP contribution in [0.1, 0.15) is 16.1 Å². The zero-order valence-corrected chi connectivity index (χ0v) is 10.5. The molecule has 8 heteroatoms. The van der Waals surface area contributed by atoms with Crippen molar-refractivity contribution in [2.45, 2.75) is 6.18 Å². The van der Waals surface area contributed by atoms with Gasteiger partial charge in [0.15, 0.2) is 5.69 Å². The summed E-state index contributed by atoms with van der Waals surface area (Å²) in [5.74, 6) is 0.927. The van der Waals surface area contributed by atoms with Crippen molar-refractivity contribution in [2.75, 3.05) is 24.6 Å². The Morgan fingerprint density at radius 3 is 2.56 bits per heavy atom. The molecule has 18 heavy (non-hydrogen) atoms. The first-order chi connectivity index (χ1) is 8.39. The van der Waals surface area contributed by atoms with Gasteiger partial charge in [0.1, 0.15) is 0 Å². The summed E-state index contributed by atoms with van der Waals surface area (Å²) in [5.41, 5.74) is -1.47. The Morgan fingerprint density at radius 2 is 2.00 bits per heavy atom. The number of aromatic nitrogens is 2. The number of rotatable bonds is 1. The predicted octanol–water partition coefficient (Wildman–Crippen LogP) is 1.63. The van der Waals surface area contributed by atoms with Gasteiger partial charge in [-0.3, -0.25) is 9.48 Å². The van der Waals surface area contributed by atoms with Crippen LogP contribution >= 0.6 is 11.8 Å². The number of thioether (sulfide) groups is 1. The van der Waals surface area contributed by atoms with Crippen molar-refractivity contribution in [3.63, 3.8) is 0 Å². The van der Waals surface area contributed by atoms with Crippen LogP contribution in [0.4, 0.5) is 13.2 Å². The van der Waals surface area contributed by atoms with Gasteiger partial charge in [-0.1, -0.05) is 0 Å². The Morgan fingerprint density at radius 1 is 1.39 bits per heavy atom. The summed E-state index contributed by atoms with van der Waals surface area (Å²) in [5, 5.41) is 3.34. The number of amides is 1. The van der Waals surface area contributed by atoms with Gasteiger partial charge in [0.25, 0.3) is 5.91 Å². The Bertz CT molecular complexity index is 452. The molecule has 1 aromatic rings. The number of carbonyl (C=O) groups excluding carboxylic acids is 1. The first-order valence-corrected chi connectivity index (χ1v) is 6.53. The van der Waals surface area contributed by atoms with Gasteiger partial charge in [-0.15, -0.1) is 0 Å². The molecule has 0 N–H and O–H groups in total. The second-order valence-electron chi connectivity index (χ2n) is 3.97. The fourth-order valence-electron chi connectivity index (χ4n) is 1.79. The third-order valence-corrected chi connectivity index (χ3v) is 3.57. The van der Waals surface area contributed by atoms with Crippen LogP contribution in [0.3, 0.4) is 0 Å². The minimum atomic E-state index is -4.60. The highest BCUT2D eigenvalue weighted by Crippen LogP contribution is 2.31. The largest absolute Gasteiger partial charge is 0.435 e. The molecule has 0 bridgehead atoms. The van der Waals surface area contributed by atoms with Crippen molar-refractivity contribution < 1.29 is 18.0 Å². The molecule has 1 saturated heterocycles. The van der Waals surface area contributed by atoms with E-state index in [1.807, 2.05) is 0 Å². The molecule has 0 unspecified atom stereocenters. The Balaban J connectivity index is 2.29. The smallest absolute Gasteiger partial charge is 0.337 e. The van der Waals surface area contributed by atoms with Gasteiger partial charge in [-0.25, -0.2) is 0 Å². The molecule has 100 valence electrons. The van der Waals surface area contributed by atoms with Crippen molar-refractivity contribution >= 4 is 17.7 Å². The zero-order valence-electron chi connectivity index (χ0n) is 9.70. The van der Waals surface area contributed by atoms with Crippen LogP contribution in [0.15, 0.2) is 6.20 Å². The van der Waals surface area contributed by atoms with Crippen LogP contribution < -0.4 is 0 Å². The van der Waals surface area contributed by atoms with Crippen molar-refractivity contribution in [1.82, 2.24) is 14.7 Å². The van der Waals surface area contributed by atoms with E-state index in [9.17, 15) is 18.0 Å². The van der Waals surface area contributed by atoms with Gasteiger partial charge < -0.3 is 4.90 Å². The Hall–Kier alpha value is -1.18. The summed E-state index contributed by atoms with van der Waals surface area (Å²) in [6, 6.07) is 0. The lowest BCUT2D eigenvalue weighted by Crippen LogP contribution is -2.38. The standard InChI is InChI=1S/C10H12F3N3OS/c1-15-6-7(8(14-15)10(11,12)13)9(17)16-2-4-18-5-3-16/h6H,2-5H2,1H3. The third kappa shape index (κ3) is 2.63. The SMILES string of the molecule is Cn1cc(C(=O)N2CCSCC2)c(C(F)(F)F)n1. The molecule has 2 rings (SSSR count). The topological polar surface area (TPSA) is 38.1 Å². The van der Waals surface area contributed by atoms with Gasteiger partial charge in [0, 0.05) is 37.8 Å². The number of hydrogen-bond acceptors (Lipinski definition) is 3. The monoisotopic (exact) mass is 279 g/mol.